The Kier molecular flexibility index (Phi) is 3.40. The largest absolute Gasteiger partial charge is 0.325 e. The highest BCUT2D eigenvalue weighted by molar-refractivity contribution is 9.13. The van der Waals surface area contributed by atoms with Crippen molar-refractivity contribution in [1.82, 2.24) is 4.57 Å². The van der Waals surface area contributed by atoms with Crippen LogP contribution in [0.1, 0.15) is 0 Å². The third-order valence-corrected chi connectivity index (χ3v) is 3.90. The van der Waals surface area contributed by atoms with Crippen molar-refractivity contribution >= 4 is 47.8 Å². The summed E-state index contributed by atoms with van der Waals surface area (Å²) in [7, 11) is 0. The first kappa shape index (κ1) is 9.55. The van der Waals surface area contributed by atoms with E-state index >= 15 is 0 Å². The highest BCUT2D eigenvalue weighted by Crippen LogP contribution is 2.30. The van der Waals surface area contributed by atoms with Crippen molar-refractivity contribution in [2.24, 2.45) is 0 Å². The van der Waals surface area contributed by atoms with Crippen molar-refractivity contribution in [3.63, 3.8) is 0 Å². The van der Waals surface area contributed by atoms with Gasteiger partial charge in [-0.25, -0.2) is 0 Å². The molecule has 0 aliphatic heterocycles. The Balaban J connectivity index is 3.11. The van der Waals surface area contributed by atoms with Crippen molar-refractivity contribution in [2.45, 2.75) is 6.54 Å². The molecule has 60 valence electrons. The molecule has 0 atom stereocenters. The lowest BCUT2D eigenvalue weighted by Gasteiger charge is -2.01. The molecule has 4 heteroatoms. The van der Waals surface area contributed by atoms with Gasteiger partial charge < -0.3 is 4.57 Å². The lowest BCUT2D eigenvalue weighted by molar-refractivity contribution is 0.790. The second-order valence-corrected chi connectivity index (χ2v) is 4.42. The summed E-state index contributed by atoms with van der Waals surface area (Å²) in [5.74, 6) is 0. The molecule has 0 saturated heterocycles. The van der Waals surface area contributed by atoms with Crippen molar-refractivity contribution in [3.8, 4) is 0 Å². The van der Waals surface area contributed by atoms with Crippen LogP contribution in [-0.4, -0.2) is 4.57 Å². The molecule has 1 aromatic heterocycles. The zero-order valence-electron chi connectivity index (χ0n) is 5.65. The second kappa shape index (κ2) is 3.92. The minimum Gasteiger partial charge on any atom is -0.325 e. The van der Waals surface area contributed by atoms with Gasteiger partial charge in [0.15, 0.2) is 0 Å². The van der Waals surface area contributed by atoms with Crippen molar-refractivity contribution < 1.29 is 0 Å². The first-order valence-corrected chi connectivity index (χ1v) is 5.35. The van der Waals surface area contributed by atoms with Gasteiger partial charge in [0, 0.05) is 6.54 Å². The molecule has 0 unspecified atom stereocenters. The minimum atomic E-state index is 0.798. The van der Waals surface area contributed by atoms with Gasteiger partial charge in [-0.05, 0) is 53.9 Å². The lowest BCUT2D eigenvalue weighted by Crippen LogP contribution is -1.94. The fourth-order valence-electron chi connectivity index (χ4n) is 0.761. The Labute approximate surface area is 90.9 Å². The molecule has 11 heavy (non-hydrogen) atoms. The van der Waals surface area contributed by atoms with Crippen molar-refractivity contribution in [3.05, 3.63) is 32.4 Å². The van der Waals surface area contributed by atoms with E-state index in [-0.39, 0.29) is 0 Å². The third kappa shape index (κ3) is 1.98. The second-order valence-electron chi connectivity index (χ2n) is 2.01. The first-order chi connectivity index (χ1) is 5.16. The highest BCUT2D eigenvalue weighted by Gasteiger charge is 2.06. The van der Waals surface area contributed by atoms with E-state index in [1.807, 2.05) is 12.1 Å². The average molecular weight is 344 g/mol. The summed E-state index contributed by atoms with van der Waals surface area (Å²) in [5, 5.41) is 0. The fraction of sp³-hybridized carbons (Fsp3) is 0.143. The van der Waals surface area contributed by atoms with Gasteiger partial charge in [-0.2, -0.15) is 0 Å². The molecule has 0 fully saturated rings. The molecule has 0 aromatic carbocycles. The van der Waals surface area contributed by atoms with Gasteiger partial charge in [0.2, 0.25) is 0 Å². The van der Waals surface area contributed by atoms with E-state index < -0.39 is 0 Å². The van der Waals surface area contributed by atoms with Crippen LogP contribution in [0.2, 0.25) is 0 Å². The van der Waals surface area contributed by atoms with Gasteiger partial charge in [0.1, 0.15) is 4.60 Å². The zero-order valence-corrected chi connectivity index (χ0v) is 10.4. The molecular weight excluding hydrogens is 338 g/mol. The maximum atomic E-state index is 3.67. The van der Waals surface area contributed by atoms with Crippen LogP contribution in [0.25, 0.3) is 0 Å². The minimum absolute atomic E-state index is 0.798. The van der Waals surface area contributed by atoms with Crippen LogP contribution in [-0.2, 0) is 6.54 Å². The van der Waals surface area contributed by atoms with E-state index in [1.54, 1.807) is 0 Å². The molecule has 0 bridgehead atoms. The number of rotatable bonds is 2. The number of aromatic nitrogens is 1. The molecular formula is C7H6Br3N. The predicted molar refractivity (Wildman–Crippen MR) is 57.7 cm³/mol. The lowest BCUT2D eigenvalue weighted by atomic mass is 10.6. The predicted octanol–water partition coefficient (Wildman–Crippen LogP) is 3.96. The molecule has 1 heterocycles. The summed E-state index contributed by atoms with van der Waals surface area (Å²) in [6.45, 7) is 4.47. The highest BCUT2D eigenvalue weighted by atomic mass is 79.9. The monoisotopic (exact) mass is 341 g/mol. The molecule has 0 saturated carbocycles. The molecule has 0 N–H and O–H groups in total. The van der Waals surface area contributed by atoms with Crippen LogP contribution in [0.3, 0.4) is 0 Å². The number of hydrogen-bond acceptors (Lipinski definition) is 0. The number of halogens is 3. The van der Waals surface area contributed by atoms with Gasteiger partial charge in [-0.3, -0.25) is 0 Å². The first-order valence-electron chi connectivity index (χ1n) is 2.97. The van der Waals surface area contributed by atoms with Gasteiger partial charge in [-0.1, -0.05) is 6.08 Å². The Hall–Kier alpha value is 0.460. The number of allylic oxidation sites excluding steroid dienone is 1. The zero-order chi connectivity index (χ0) is 8.43. The summed E-state index contributed by atoms with van der Waals surface area (Å²) < 4.78 is 5.17. The Bertz CT molecular complexity index is 277. The molecule has 1 nitrogen and oxygen atoms in total. The molecule has 0 spiro atoms. The third-order valence-electron chi connectivity index (χ3n) is 1.25. The van der Waals surface area contributed by atoms with Crippen molar-refractivity contribution in [2.75, 3.05) is 0 Å². The Morgan fingerprint density at radius 2 is 2.09 bits per heavy atom. The number of hydrogen-bond donors (Lipinski definition) is 0. The van der Waals surface area contributed by atoms with Crippen molar-refractivity contribution in [1.29, 1.82) is 0 Å². The van der Waals surface area contributed by atoms with Crippen LogP contribution in [0.4, 0.5) is 0 Å². The van der Waals surface area contributed by atoms with Crippen LogP contribution < -0.4 is 0 Å². The smallest absolute Gasteiger partial charge is 0.100 e. The molecule has 0 aliphatic carbocycles. The fourth-order valence-corrected chi connectivity index (χ4v) is 2.74. The summed E-state index contributed by atoms with van der Waals surface area (Å²) in [6.07, 6.45) is 1.85. The van der Waals surface area contributed by atoms with Gasteiger partial charge in [0.25, 0.3) is 0 Å². The van der Waals surface area contributed by atoms with E-state index in [2.05, 4.69) is 58.9 Å². The van der Waals surface area contributed by atoms with E-state index in [4.69, 9.17) is 0 Å². The Morgan fingerprint density at radius 3 is 2.45 bits per heavy atom. The summed E-state index contributed by atoms with van der Waals surface area (Å²) in [5.41, 5.74) is 0. The maximum absolute atomic E-state index is 3.67. The summed E-state index contributed by atoms with van der Waals surface area (Å²) in [4.78, 5) is 0. The Morgan fingerprint density at radius 1 is 1.45 bits per heavy atom. The van der Waals surface area contributed by atoms with Gasteiger partial charge in [0.05, 0.1) is 9.08 Å². The SMILES string of the molecule is C=CCn1c(Br)cc(Br)c1Br. The normalized spacial score (nSPS) is 10.1. The quantitative estimate of drug-likeness (QED) is 0.716. The van der Waals surface area contributed by atoms with Gasteiger partial charge >= 0.3 is 0 Å². The van der Waals surface area contributed by atoms with Crippen LogP contribution in [0.5, 0.6) is 0 Å². The van der Waals surface area contributed by atoms with Crippen LogP contribution in [0.15, 0.2) is 32.4 Å². The summed E-state index contributed by atoms with van der Waals surface area (Å²) in [6, 6.07) is 1.99. The molecule has 1 aromatic rings. The van der Waals surface area contributed by atoms with E-state index in [1.165, 1.54) is 0 Å². The van der Waals surface area contributed by atoms with E-state index in [0.717, 1.165) is 20.2 Å². The van der Waals surface area contributed by atoms with Crippen LogP contribution in [0, 0.1) is 0 Å². The van der Waals surface area contributed by atoms with E-state index in [9.17, 15) is 0 Å². The maximum Gasteiger partial charge on any atom is 0.100 e. The molecule has 1 rings (SSSR count). The standard InChI is InChI=1S/C7H6Br3N/c1-2-3-11-6(9)4-5(8)7(11)10/h2,4H,1,3H2. The van der Waals surface area contributed by atoms with E-state index in [0.29, 0.717) is 0 Å². The topological polar surface area (TPSA) is 4.93 Å². The van der Waals surface area contributed by atoms with Gasteiger partial charge in [-0.15, -0.1) is 6.58 Å². The molecule has 0 aliphatic rings. The molecule has 0 radical (unpaired) electrons. The number of nitrogens with zero attached hydrogens (tertiary/aromatic N) is 1. The summed E-state index contributed by atoms with van der Waals surface area (Å²) >= 11 is 10.3. The van der Waals surface area contributed by atoms with Crippen LogP contribution >= 0.6 is 47.8 Å². The average Bonchev–Trinajstić information content (AvgIpc) is 2.17. The molecule has 0 amide bonds.